The molecule has 158 valence electrons. The van der Waals surface area contributed by atoms with Crippen LogP contribution < -0.4 is 9.47 Å². The predicted molar refractivity (Wildman–Crippen MR) is 100.0 cm³/mol. The molecule has 2 aromatic rings. The van der Waals surface area contributed by atoms with Gasteiger partial charge in [-0.3, -0.25) is 4.90 Å². The number of aliphatic hydroxyl groups excluding tert-OH is 1. The molecule has 1 unspecified atom stereocenters. The Kier molecular flexibility index (Phi) is 6.94. The molecule has 3 rings (SSSR count). The molecule has 29 heavy (non-hydrogen) atoms. The number of nitrogens with zero attached hydrogens (tertiary/aromatic N) is 2. The molecule has 1 aliphatic rings. The van der Waals surface area contributed by atoms with Gasteiger partial charge >= 0.3 is 6.18 Å². The molecular weight excluding hydrogens is 389 g/mol. The van der Waals surface area contributed by atoms with Crippen molar-refractivity contribution in [3.8, 4) is 22.8 Å². The number of aliphatic hydroxyl groups is 1. The minimum atomic E-state index is -4.53. The standard InChI is InChI=1S/C20H23F3N2O4/c1-27-19-3-2-14(11-24-19)15-8-16(20(21,22)23)10-18(9-15)29-13-17(26)12-25-4-6-28-7-5-25/h2-3,8-11,17,26H,4-7,12-13H2,1H3. The van der Waals surface area contributed by atoms with Gasteiger partial charge < -0.3 is 19.3 Å². The summed E-state index contributed by atoms with van der Waals surface area (Å²) in [7, 11) is 1.46. The van der Waals surface area contributed by atoms with Gasteiger partial charge in [-0.1, -0.05) is 0 Å². The maximum atomic E-state index is 13.3. The number of ether oxygens (including phenoxy) is 3. The van der Waals surface area contributed by atoms with Gasteiger partial charge in [0.15, 0.2) is 0 Å². The molecule has 0 spiro atoms. The molecule has 1 aromatic heterocycles. The lowest BCUT2D eigenvalue weighted by Gasteiger charge is -2.28. The van der Waals surface area contributed by atoms with Crippen molar-refractivity contribution in [3.05, 3.63) is 42.1 Å². The maximum absolute atomic E-state index is 13.3. The van der Waals surface area contributed by atoms with Crippen LogP contribution in [0.15, 0.2) is 36.5 Å². The third-order valence-electron chi connectivity index (χ3n) is 4.53. The number of hydrogen-bond acceptors (Lipinski definition) is 6. The second kappa shape index (κ2) is 9.43. The summed E-state index contributed by atoms with van der Waals surface area (Å²) in [4.78, 5) is 6.06. The van der Waals surface area contributed by atoms with Gasteiger partial charge in [0.2, 0.25) is 5.88 Å². The smallest absolute Gasteiger partial charge is 0.416 e. The van der Waals surface area contributed by atoms with E-state index in [0.717, 1.165) is 12.1 Å². The molecule has 1 aromatic carbocycles. The number of β-amino-alcohol motifs (C(OH)–C–C–N with tert-alkyl or cyclic N) is 1. The highest BCUT2D eigenvalue weighted by atomic mass is 19.4. The van der Waals surface area contributed by atoms with Crippen LogP contribution >= 0.6 is 0 Å². The summed E-state index contributed by atoms with van der Waals surface area (Å²) in [5, 5.41) is 10.2. The van der Waals surface area contributed by atoms with Gasteiger partial charge in [0.05, 0.1) is 25.9 Å². The predicted octanol–water partition coefficient (Wildman–Crippen LogP) is 2.85. The first-order chi connectivity index (χ1) is 13.8. The van der Waals surface area contributed by atoms with Crippen LogP contribution in [-0.4, -0.2) is 67.7 Å². The first kappa shape index (κ1) is 21.4. The molecule has 0 aliphatic carbocycles. The highest BCUT2D eigenvalue weighted by Gasteiger charge is 2.31. The van der Waals surface area contributed by atoms with E-state index in [1.807, 2.05) is 4.90 Å². The zero-order chi connectivity index (χ0) is 20.9. The van der Waals surface area contributed by atoms with E-state index in [1.54, 1.807) is 12.1 Å². The number of alkyl halides is 3. The zero-order valence-corrected chi connectivity index (χ0v) is 16.0. The number of rotatable bonds is 7. The number of benzene rings is 1. The van der Waals surface area contributed by atoms with Crippen molar-refractivity contribution in [1.29, 1.82) is 0 Å². The van der Waals surface area contributed by atoms with E-state index in [2.05, 4.69) is 4.98 Å². The summed E-state index contributed by atoms with van der Waals surface area (Å²) in [5.41, 5.74) is -0.0215. The van der Waals surface area contributed by atoms with Crippen molar-refractivity contribution < 1.29 is 32.5 Å². The average Bonchev–Trinajstić information content (AvgIpc) is 2.72. The third kappa shape index (κ3) is 6.06. The lowest BCUT2D eigenvalue weighted by Crippen LogP contribution is -2.42. The molecule has 1 atom stereocenters. The normalized spacial score (nSPS) is 16.4. The number of morpholine rings is 1. The second-order valence-electron chi connectivity index (χ2n) is 6.71. The van der Waals surface area contributed by atoms with E-state index < -0.39 is 17.8 Å². The van der Waals surface area contributed by atoms with Crippen molar-refractivity contribution in [2.45, 2.75) is 12.3 Å². The lowest BCUT2D eigenvalue weighted by molar-refractivity contribution is -0.137. The van der Waals surface area contributed by atoms with Gasteiger partial charge in [0.1, 0.15) is 18.5 Å². The van der Waals surface area contributed by atoms with Crippen LogP contribution in [0.4, 0.5) is 13.2 Å². The van der Waals surface area contributed by atoms with E-state index in [-0.39, 0.29) is 12.4 Å². The third-order valence-corrected chi connectivity index (χ3v) is 4.53. The zero-order valence-electron chi connectivity index (χ0n) is 16.0. The summed E-state index contributed by atoms with van der Waals surface area (Å²) < 4.78 is 55.7. The Labute approximate surface area is 166 Å². The van der Waals surface area contributed by atoms with Gasteiger partial charge in [-0.25, -0.2) is 4.98 Å². The molecular formula is C20H23F3N2O4. The van der Waals surface area contributed by atoms with Crippen LogP contribution in [0.2, 0.25) is 0 Å². The largest absolute Gasteiger partial charge is 0.491 e. The molecule has 0 saturated carbocycles. The van der Waals surface area contributed by atoms with E-state index in [4.69, 9.17) is 14.2 Å². The van der Waals surface area contributed by atoms with E-state index in [1.165, 1.54) is 19.4 Å². The van der Waals surface area contributed by atoms with Gasteiger partial charge in [-0.05, 0) is 29.8 Å². The monoisotopic (exact) mass is 412 g/mol. The topological polar surface area (TPSA) is 64.0 Å². The Morgan fingerprint density at radius 2 is 1.93 bits per heavy atom. The molecule has 1 saturated heterocycles. The first-order valence-electron chi connectivity index (χ1n) is 9.19. The van der Waals surface area contributed by atoms with Crippen molar-refractivity contribution in [2.75, 3.05) is 46.6 Å². The van der Waals surface area contributed by atoms with E-state index in [0.29, 0.717) is 49.9 Å². The molecule has 2 heterocycles. The fourth-order valence-corrected chi connectivity index (χ4v) is 3.01. The van der Waals surface area contributed by atoms with Gasteiger partial charge in [0.25, 0.3) is 0 Å². The maximum Gasteiger partial charge on any atom is 0.416 e. The fourth-order valence-electron chi connectivity index (χ4n) is 3.01. The Balaban J connectivity index is 1.74. The van der Waals surface area contributed by atoms with Crippen LogP contribution in [0.1, 0.15) is 5.56 Å². The average molecular weight is 412 g/mol. The SMILES string of the molecule is COc1ccc(-c2cc(OCC(O)CN3CCOCC3)cc(C(F)(F)F)c2)cn1. The quantitative estimate of drug-likeness (QED) is 0.755. The Morgan fingerprint density at radius 3 is 2.55 bits per heavy atom. The molecule has 6 nitrogen and oxygen atoms in total. The van der Waals surface area contributed by atoms with Crippen LogP contribution in [0.3, 0.4) is 0 Å². The number of pyridine rings is 1. The molecule has 9 heteroatoms. The Morgan fingerprint density at radius 1 is 1.17 bits per heavy atom. The highest BCUT2D eigenvalue weighted by Crippen LogP contribution is 2.35. The van der Waals surface area contributed by atoms with E-state index >= 15 is 0 Å². The Bertz CT molecular complexity index is 793. The fraction of sp³-hybridized carbons (Fsp3) is 0.450. The molecule has 0 radical (unpaired) electrons. The minimum absolute atomic E-state index is 0.0340. The molecule has 1 N–H and O–H groups in total. The lowest BCUT2D eigenvalue weighted by atomic mass is 10.0. The van der Waals surface area contributed by atoms with Crippen molar-refractivity contribution >= 4 is 0 Å². The van der Waals surface area contributed by atoms with Gasteiger partial charge in [0, 0.05) is 37.5 Å². The summed E-state index contributed by atoms with van der Waals surface area (Å²) >= 11 is 0. The summed E-state index contributed by atoms with van der Waals surface area (Å²) in [6.07, 6.45) is -3.92. The molecule has 1 fully saturated rings. The van der Waals surface area contributed by atoms with Crippen molar-refractivity contribution in [3.63, 3.8) is 0 Å². The van der Waals surface area contributed by atoms with Gasteiger partial charge in [-0.2, -0.15) is 13.2 Å². The number of aromatic nitrogens is 1. The van der Waals surface area contributed by atoms with Crippen molar-refractivity contribution in [1.82, 2.24) is 9.88 Å². The minimum Gasteiger partial charge on any atom is -0.491 e. The number of halogens is 3. The number of hydrogen-bond donors (Lipinski definition) is 1. The Hall–Kier alpha value is -2.36. The molecule has 1 aliphatic heterocycles. The molecule has 0 bridgehead atoms. The van der Waals surface area contributed by atoms with Crippen LogP contribution in [0.25, 0.3) is 11.1 Å². The van der Waals surface area contributed by atoms with Gasteiger partial charge in [-0.15, -0.1) is 0 Å². The van der Waals surface area contributed by atoms with E-state index in [9.17, 15) is 18.3 Å². The summed E-state index contributed by atoms with van der Waals surface area (Å²) in [6, 6.07) is 6.67. The summed E-state index contributed by atoms with van der Waals surface area (Å²) in [6.45, 7) is 2.86. The summed E-state index contributed by atoms with van der Waals surface area (Å²) in [5.74, 6) is 0.398. The first-order valence-corrected chi connectivity index (χ1v) is 9.19. The molecule has 0 amide bonds. The van der Waals surface area contributed by atoms with Crippen LogP contribution in [-0.2, 0) is 10.9 Å². The van der Waals surface area contributed by atoms with Crippen LogP contribution in [0.5, 0.6) is 11.6 Å². The second-order valence-corrected chi connectivity index (χ2v) is 6.71. The number of methoxy groups -OCH3 is 1. The van der Waals surface area contributed by atoms with Crippen molar-refractivity contribution in [2.24, 2.45) is 0 Å². The van der Waals surface area contributed by atoms with Crippen LogP contribution in [0, 0.1) is 0 Å². The highest BCUT2D eigenvalue weighted by molar-refractivity contribution is 5.66.